The summed E-state index contributed by atoms with van der Waals surface area (Å²) in [5.41, 5.74) is 2.94. The number of benzene rings is 1. The molecular formula is C17H18ClN5O. The highest BCUT2D eigenvalue weighted by atomic mass is 35.5. The molecule has 0 radical (unpaired) electrons. The van der Waals surface area contributed by atoms with Crippen molar-refractivity contribution in [3.05, 3.63) is 64.6 Å². The average Bonchev–Trinajstić information content (AvgIpc) is 3.08. The second kappa shape index (κ2) is 6.88. The Morgan fingerprint density at radius 1 is 1.17 bits per heavy atom. The predicted octanol–water partition coefficient (Wildman–Crippen LogP) is 3.04. The Balaban J connectivity index is 1.60. The number of nitrogens with zero attached hydrogens (tertiary/aromatic N) is 4. The van der Waals surface area contributed by atoms with Gasteiger partial charge in [-0.3, -0.25) is 14.2 Å². The average molecular weight is 344 g/mol. The van der Waals surface area contributed by atoms with E-state index in [0.29, 0.717) is 17.4 Å². The van der Waals surface area contributed by atoms with Gasteiger partial charge in [-0.2, -0.15) is 10.2 Å². The second-order valence-electron chi connectivity index (χ2n) is 5.66. The molecule has 6 nitrogen and oxygen atoms in total. The first-order chi connectivity index (χ1) is 11.5. The molecule has 2 heterocycles. The van der Waals surface area contributed by atoms with E-state index in [1.165, 1.54) is 0 Å². The summed E-state index contributed by atoms with van der Waals surface area (Å²) in [5.74, 6) is 0.369. The lowest BCUT2D eigenvalue weighted by Crippen LogP contribution is -2.20. The molecule has 0 saturated carbocycles. The summed E-state index contributed by atoms with van der Waals surface area (Å²) in [6.07, 6.45) is 1.83. The molecule has 0 unspecified atom stereocenters. The van der Waals surface area contributed by atoms with E-state index in [-0.39, 0.29) is 12.5 Å². The number of carbonyl (C=O) groups is 1. The first-order valence-corrected chi connectivity index (χ1v) is 7.96. The molecule has 0 aliphatic carbocycles. The van der Waals surface area contributed by atoms with Crippen molar-refractivity contribution in [3.63, 3.8) is 0 Å². The number of carbonyl (C=O) groups excluding carboxylic acids is 1. The molecule has 0 bridgehead atoms. The van der Waals surface area contributed by atoms with Crippen molar-refractivity contribution >= 4 is 23.3 Å². The maximum Gasteiger partial charge on any atom is 0.247 e. The van der Waals surface area contributed by atoms with Crippen LogP contribution in [0.3, 0.4) is 0 Å². The minimum atomic E-state index is -0.155. The molecular weight excluding hydrogens is 326 g/mol. The molecule has 1 N–H and O–H groups in total. The van der Waals surface area contributed by atoms with Crippen molar-refractivity contribution in [2.45, 2.75) is 26.9 Å². The van der Waals surface area contributed by atoms with Crippen LogP contribution in [0.1, 0.15) is 17.0 Å². The maximum absolute atomic E-state index is 12.1. The highest BCUT2D eigenvalue weighted by molar-refractivity contribution is 6.30. The van der Waals surface area contributed by atoms with Gasteiger partial charge in [0, 0.05) is 23.0 Å². The lowest BCUT2D eigenvalue weighted by molar-refractivity contribution is -0.117. The van der Waals surface area contributed by atoms with Crippen LogP contribution in [0.25, 0.3) is 0 Å². The summed E-state index contributed by atoms with van der Waals surface area (Å²) < 4.78 is 3.44. The summed E-state index contributed by atoms with van der Waals surface area (Å²) in [5, 5.41) is 12.1. The Morgan fingerprint density at radius 2 is 1.92 bits per heavy atom. The third-order valence-corrected chi connectivity index (χ3v) is 3.81. The Labute approximate surface area is 145 Å². The summed E-state index contributed by atoms with van der Waals surface area (Å²) in [6.45, 7) is 4.61. The molecule has 0 aliphatic heterocycles. The van der Waals surface area contributed by atoms with Gasteiger partial charge in [-0.05, 0) is 37.6 Å². The van der Waals surface area contributed by atoms with Gasteiger partial charge in [-0.1, -0.05) is 23.7 Å². The molecule has 1 amide bonds. The van der Waals surface area contributed by atoms with E-state index in [9.17, 15) is 4.79 Å². The molecule has 1 aromatic carbocycles. The number of hydrogen-bond donors (Lipinski definition) is 1. The van der Waals surface area contributed by atoms with Crippen LogP contribution in [0.2, 0.25) is 5.02 Å². The fraction of sp³-hybridized carbons (Fsp3) is 0.235. The highest BCUT2D eigenvalue weighted by Crippen LogP contribution is 2.11. The molecule has 3 aromatic rings. The number of halogens is 1. The van der Waals surface area contributed by atoms with Crippen LogP contribution in [-0.2, 0) is 17.9 Å². The fourth-order valence-electron chi connectivity index (χ4n) is 2.45. The van der Waals surface area contributed by atoms with Crippen LogP contribution >= 0.6 is 11.6 Å². The van der Waals surface area contributed by atoms with E-state index in [4.69, 9.17) is 11.6 Å². The van der Waals surface area contributed by atoms with Crippen LogP contribution in [0.15, 0.2) is 42.6 Å². The standard InChI is InChI=1S/C17H18ClN5O/c1-12-9-13(2)23(20-12)11-17(24)19-16-7-8-22(21-16)10-14-3-5-15(18)6-4-14/h3-9H,10-11H2,1-2H3,(H,19,21,24). The van der Waals surface area contributed by atoms with E-state index in [1.807, 2.05) is 50.4 Å². The molecule has 0 saturated heterocycles. The van der Waals surface area contributed by atoms with Gasteiger partial charge in [-0.15, -0.1) is 0 Å². The van der Waals surface area contributed by atoms with Crippen molar-refractivity contribution in [3.8, 4) is 0 Å². The van der Waals surface area contributed by atoms with Crippen LogP contribution in [0.4, 0.5) is 5.82 Å². The largest absolute Gasteiger partial charge is 0.308 e. The Bertz CT molecular complexity index is 850. The van der Waals surface area contributed by atoms with Gasteiger partial charge in [0.05, 0.1) is 12.2 Å². The summed E-state index contributed by atoms with van der Waals surface area (Å²) >= 11 is 5.88. The minimum absolute atomic E-state index is 0.155. The monoisotopic (exact) mass is 343 g/mol. The highest BCUT2D eigenvalue weighted by Gasteiger charge is 2.09. The van der Waals surface area contributed by atoms with Gasteiger partial charge in [-0.25, -0.2) is 0 Å². The smallest absolute Gasteiger partial charge is 0.247 e. The quantitative estimate of drug-likeness (QED) is 0.774. The van der Waals surface area contributed by atoms with Crippen LogP contribution in [0.5, 0.6) is 0 Å². The molecule has 0 spiro atoms. The zero-order valence-electron chi connectivity index (χ0n) is 13.5. The Morgan fingerprint density at radius 3 is 2.58 bits per heavy atom. The molecule has 0 aliphatic rings. The number of aryl methyl sites for hydroxylation is 2. The van der Waals surface area contributed by atoms with Gasteiger partial charge in [0.25, 0.3) is 0 Å². The third-order valence-electron chi connectivity index (χ3n) is 3.56. The van der Waals surface area contributed by atoms with E-state index in [1.54, 1.807) is 15.4 Å². The van der Waals surface area contributed by atoms with Gasteiger partial charge >= 0.3 is 0 Å². The predicted molar refractivity (Wildman–Crippen MR) is 93.1 cm³/mol. The van der Waals surface area contributed by atoms with E-state index in [2.05, 4.69) is 15.5 Å². The molecule has 124 valence electrons. The van der Waals surface area contributed by atoms with Gasteiger partial charge < -0.3 is 5.32 Å². The van der Waals surface area contributed by atoms with E-state index >= 15 is 0 Å². The zero-order chi connectivity index (χ0) is 17.1. The maximum atomic E-state index is 12.1. The third kappa shape index (κ3) is 4.02. The van der Waals surface area contributed by atoms with Crippen molar-refractivity contribution in [2.24, 2.45) is 0 Å². The number of amides is 1. The Hall–Kier alpha value is -2.60. The fourth-order valence-corrected chi connectivity index (χ4v) is 2.57. The zero-order valence-corrected chi connectivity index (χ0v) is 14.3. The number of hydrogen-bond acceptors (Lipinski definition) is 3. The number of aromatic nitrogens is 4. The van der Waals surface area contributed by atoms with Crippen molar-refractivity contribution in [2.75, 3.05) is 5.32 Å². The molecule has 0 atom stereocenters. The Kier molecular flexibility index (Phi) is 4.66. The first kappa shape index (κ1) is 16.3. The van der Waals surface area contributed by atoms with E-state index < -0.39 is 0 Å². The van der Waals surface area contributed by atoms with Gasteiger partial charge in [0.1, 0.15) is 6.54 Å². The van der Waals surface area contributed by atoms with Crippen LogP contribution < -0.4 is 5.32 Å². The summed E-state index contributed by atoms with van der Waals surface area (Å²) in [7, 11) is 0. The lowest BCUT2D eigenvalue weighted by Gasteiger charge is -2.05. The van der Waals surface area contributed by atoms with E-state index in [0.717, 1.165) is 17.0 Å². The van der Waals surface area contributed by atoms with Crippen LogP contribution in [-0.4, -0.2) is 25.5 Å². The number of nitrogens with one attached hydrogen (secondary N) is 1. The van der Waals surface area contributed by atoms with Gasteiger partial charge in [0.2, 0.25) is 5.91 Å². The normalized spacial score (nSPS) is 10.8. The molecule has 3 rings (SSSR count). The molecule has 24 heavy (non-hydrogen) atoms. The van der Waals surface area contributed by atoms with Gasteiger partial charge in [0.15, 0.2) is 5.82 Å². The summed E-state index contributed by atoms with van der Waals surface area (Å²) in [4.78, 5) is 12.1. The van der Waals surface area contributed by atoms with Crippen molar-refractivity contribution < 1.29 is 4.79 Å². The first-order valence-electron chi connectivity index (χ1n) is 7.58. The topological polar surface area (TPSA) is 64.7 Å². The second-order valence-corrected chi connectivity index (χ2v) is 6.09. The summed E-state index contributed by atoms with van der Waals surface area (Å²) in [6, 6.07) is 11.3. The number of anilines is 1. The number of rotatable bonds is 5. The minimum Gasteiger partial charge on any atom is -0.308 e. The van der Waals surface area contributed by atoms with Crippen LogP contribution in [0, 0.1) is 13.8 Å². The van der Waals surface area contributed by atoms with Crippen molar-refractivity contribution in [1.82, 2.24) is 19.6 Å². The molecule has 7 heteroatoms. The lowest BCUT2D eigenvalue weighted by atomic mass is 10.2. The van der Waals surface area contributed by atoms with Crippen molar-refractivity contribution in [1.29, 1.82) is 0 Å². The molecule has 2 aromatic heterocycles. The molecule has 0 fully saturated rings. The SMILES string of the molecule is Cc1cc(C)n(CC(=O)Nc2ccn(Cc3ccc(Cl)cc3)n2)n1.